The fourth-order valence-corrected chi connectivity index (χ4v) is 1.86. The van der Waals surface area contributed by atoms with Gasteiger partial charge in [0.2, 0.25) is 0 Å². The van der Waals surface area contributed by atoms with Crippen LogP contribution in [0.15, 0.2) is 24.3 Å². The molecular formula is C12H15NO4. The van der Waals surface area contributed by atoms with Crippen LogP contribution in [0.5, 0.6) is 5.75 Å². The number of hydrogen-bond acceptors (Lipinski definition) is 4. The molecule has 2 rings (SSSR count). The van der Waals surface area contributed by atoms with Gasteiger partial charge in [-0.15, -0.1) is 0 Å². The van der Waals surface area contributed by atoms with E-state index in [1.54, 1.807) is 18.1 Å². The highest BCUT2D eigenvalue weighted by Crippen LogP contribution is 2.29. The second kappa shape index (κ2) is 5.16. The summed E-state index contributed by atoms with van der Waals surface area (Å²) in [6, 6.07) is 7.30. The van der Waals surface area contributed by atoms with Crippen LogP contribution >= 0.6 is 0 Å². The lowest BCUT2D eigenvalue weighted by molar-refractivity contribution is -0.136. The largest absolute Gasteiger partial charge is 0.495 e. The van der Waals surface area contributed by atoms with E-state index in [4.69, 9.17) is 14.6 Å². The number of anilines is 1. The van der Waals surface area contributed by atoms with Crippen molar-refractivity contribution in [1.82, 2.24) is 0 Å². The van der Waals surface area contributed by atoms with Gasteiger partial charge in [-0.3, -0.25) is 4.79 Å². The van der Waals surface area contributed by atoms with Gasteiger partial charge in [0.05, 0.1) is 26.0 Å². The highest BCUT2D eigenvalue weighted by molar-refractivity contribution is 5.98. The van der Waals surface area contributed by atoms with Crippen molar-refractivity contribution in [2.45, 2.75) is 6.10 Å². The van der Waals surface area contributed by atoms with Crippen LogP contribution < -0.4 is 9.64 Å². The molecule has 0 spiro atoms. The molecule has 5 nitrogen and oxygen atoms in total. The quantitative estimate of drug-likeness (QED) is 0.827. The summed E-state index contributed by atoms with van der Waals surface area (Å²) in [5.74, 6) is 0.405. The lowest BCUT2D eigenvalue weighted by Gasteiger charge is -2.32. The fraction of sp³-hybridized carbons (Fsp3) is 0.417. The minimum atomic E-state index is -0.770. The normalized spacial score (nSPS) is 20.5. The first-order chi connectivity index (χ1) is 8.27. The molecule has 1 heterocycles. The highest BCUT2D eigenvalue weighted by Gasteiger charge is 2.31. The van der Waals surface area contributed by atoms with E-state index in [0.29, 0.717) is 24.6 Å². The number of hydrogen-bond donors (Lipinski definition) is 1. The van der Waals surface area contributed by atoms with Crippen molar-refractivity contribution >= 4 is 11.6 Å². The van der Waals surface area contributed by atoms with Gasteiger partial charge >= 0.3 is 0 Å². The number of aliphatic hydroxyl groups is 1. The summed E-state index contributed by atoms with van der Waals surface area (Å²) in [5, 5.41) is 9.05. The van der Waals surface area contributed by atoms with Gasteiger partial charge < -0.3 is 19.5 Å². The van der Waals surface area contributed by atoms with E-state index in [1.807, 2.05) is 18.2 Å². The zero-order chi connectivity index (χ0) is 12.3. The first-order valence-corrected chi connectivity index (χ1v) is 5.44. The Balaban J connectivity index is 2.29. The molecule has 0 radical (unpaired) electrons. The molecule has 1 aliphatic heterocycles. The van der Waals surface area contributed by atoms with E-state index >= 15 is 0 Å². The molecule has 0 saturated carbocycles. The lowest BCUT2D eigenvalue weighted by atomic mass is 10.2. The molecule has 1 aromatic carbocycles. The Hall–Kier alpha value is -1.59. The van der Waals surface area contributed by atoms with Gasteiger partial charge in [0, 0.05) is 6.54 Å². The van der Waals surface area contributed by atoms with Gasteiger partial charge in [-0.25, -0.2) is 0 Å². The number of carbonyl (C=O) groups is 1. The molecule has 17 heavy (non-hydrogen) atoms. The first-order valence-electron chi connectivity index (χ1n) is 5.44. The number of carbonyl (C=O) groups excluding carboxylic acids is 1. The molecule has 0 aromatic heterocycles. The number of para-hydroxylation sites is 2. The van der Waals surface area contributed by atoms with Crippen molar-refractivity contribution in [2.24, 2.45) is 0 Å². The third-order valence-corrected chi connectivity index (χ3v) is 2.72. The van der Waals surface area contributed by atoms with Crippen LogP contribution in [0.4, 0.5) is 5.69 Å². The van der Waals surface area contributed by atoms with E-state index < -0.39 is 6.10 Å². The Morgan fingerprint density at radius 3 is 3.00 bits per heavy atom. The Labute approximate surface area is 99.6 Å². The maximum atomic E-state index is 12.0. The van der Waals surface area contributed by atoms with Crippen LogP contribution in [0.2, 0.25) is 0 Å². The molecule has 0 bridgehead atoms. The van der Waals surface area contributed by atoms with Crippen LogP contribution in [0.1, 0.15) is 0 Å². The van der Waals surface area contributed by atoms with Crippen molar-refractivity contribution in [2.75, 3.05) is 31.8 Å². The van der Waals surface area contributed by atoms with Crippen LogP contribution in [0.3, 0.4) is 0 Å². The molecule has 0 aliphatic carbocycles. The summed E-state index contributed by atoms with van der Waals surface area (Å²) in [5.41, 5.74) is 0.710. The maximum absolute atomic E-state index is 12.0. The van der Waals surface area contributed by atoms with E-state index in [9.17, 15) is 4.79 Å². The molecule has 1 amide bonds. The van der Waals surface area contributed by atoms with Crippen molar-refractivity contribution in [3.8, 4) is 5.75 Å². The molecule has 92 valence electrons. The zero-order valence-corrected chi connectivity index (χ0v) is 9.63. The Kier molecular flexibility index (Phi) is 3.61. The number of methoxy groups -OCH3 is 1. The van der Waals surface area contributed by atoms with Crippen molar-refractivity contribution in [1.29, 1.82) is 0 Å². The number of morpholine rings is 1. The van der Waals surface area contributed by atoms with Crippen molar-refractivity contribution in [3.63, 3.8) is 0 Å². The topological polar surface area (TPSA) is 59.0 Å². The Morgan fingerprint density at radius 2 is 2.29 bits per heavy atom. The summed E-state index contributed by atoms with van der Waals surface area (Å²) in [7, 11) is 1.56. The third kappa shape index (κ3) is 2.25. The predicted molar refractivity (Wildman–Crippen MR) is 62.2 cm³/mol. The number of ether oxygens (including phenoxy) is 2. The fourth-order valence-electron chi connectivity index (χ4n) is 1.86. The first kappa shape index (κ1) is 11.9. The average Bonchev–Trinajstić information content (AvgIpc) is 2.39. The summed E-state index contributed by atoms with van der Waals surface area (Å²) in [4.78, 5) is 13.6. The minimum Gasteiger partial charge on any atom is -0.495 e. The molecule has 5 heteroatoms. The Morgan fingerprint density at radius 1 is 1.53 bits per heavy atom. The molecule has 1 atom stereocenters. The van der Waals surface area contributed by atoms with E-state index in [2.05, 4.69) is 0 Å². The second-order valence-electron chi connectivity index (χ2n) is 3.70. The molecule has 1 aliphatic rings. The Bertz CT molecular complexity index is 407. The van der Waals surface area contributed by atoms with Crippen LogP contribution in [0.25, 0.3) is 0 Å². The van der Waals surface area contributed by atoms with Crippen molar-refractivity contribution < 1.29 is 19.4 Å². The summed E-state index contributed by atoms with van der Waals surface area (Å²) >= 11 is 0. The van der Waals surface area contributed by atoms with Gasteiger partial charge in [-0.1, -0.05) is 12.1 Å². The number of aliphatic hydroxyl groups excluding tert-OH is 1. The standard InChI is InChI=1S/C12H15NO4/c1-16-10-5-3-2-4-9(10)13-6-7-17-11(8-14)12(13)15/h2-5,11,14H,6-8H2,1H3. The van der Waals surface area contributed by atoms with E-state index in [1.165, 1.54) is 0 Å². The zero-order valence-electron chi connectivity index (χ0n) is 9.63. The number of nitrogens with zero attached hydrogens (tertiary/aromatic N) is 1. The number of benzene rings is 1. The van der Waals surface area contributed by atoms with Crippen LogP contribution in [0, 0.1) is 0 Å². The summed E-state index contributed by atoms with van der Waals surface area (Å²) in [6.07, 6.45) is -0.770. The molecular weight excluding hydrogens is 222 g/mol. The minimum absolute atomic E-state index is 0.233. The van der Waals surface area contributed by atoms with E-state index in [-0.39, 0.29) is 12.5 Å². The van der Waals surface area contributed by atoms with Gasteiger partial charge in [0.25, 0.3) is 5.91 Å². The average molecular weight is 237 g/mol. The highest BCUT2D eigenvalue weighted by atomic mass is 16.5. The molecule has 1 unspecified atom stereocenters. The monoisotopic (exact) mass is 237 g/mol. The third-order valence-electron chi connectivity index (χ3n) is 2.72. The predicted octanol–water partition coefficient (Wildman–Crippen LogP) is 0.419. The lowest BCUT2D eigenvalue weighted by Crippen LogP contribution is -2.49. The molecule has 1 N–H and O–H groups in total. The summed E-state index contributed by atoms with van der Waals surface area (Å²) in [6.45, 7) is 0.579. The SMILES string of the molecule is COc1ccccc1N1CCOC(CO)C1=O. The number of rotatable bonds is 3. The summed E-state index contributed by atoms with van der Waals surface area (Å²) < 4.78 is 10.4. The molecule has 1 saturated heterocycles. The van der Waals surface area contributed by atoms with Crippen LogP contribution in [-0.2, 0) is 9.53 Å². The molecule has 1 fully saturated rings. The van der Waals surface area contributed by atoms with Gasteiger partial charge in [-0.05, 0) is 12.1 Å². The maximum Gasteiger partial charge on any atom is 0.258 e. The van der Waals surface area contributed by atoms with Gasteiger partial charge in [-0.2, -0.15) is 0 Å². The van der Waals surface area contributed by atoms with Gasteiger partial charge in [0.15, 0.2) is 6.10 Å². The smallest absolute Gasteiger partial charge is 0.258 e. The van der Waals surface area contributed by atoms with Crippen molar-refractivity contribution in [3.05, 3.63) is 24.3 Å². The molecule has 1 aromatic rings. The van der Waals surface area contributed by atoms with E-state index in [0.717, 1.165) is 0 Å². The number of amides is 1. The second-order valence-corrected chi connectivity index (χ2v) is 3.70. The van der Waals surface area contributed by atoms with Gasteiger partial charge in [0.1, 0.15) is 5.75 Å². The van der Waals surface area contributed by atoms with Crippen LogP contribution in [-0.4, -0.2) is 44.0 Å².